The van der Waals surface area contributed by atoms with Gasteiger partial charge in [-0.15, -0.1) is 0 Å². The van der Waals surface area contributed by atoms with Gasteiger partial charge in [0.25, 0.3) is 0 Å². The van der Waals surface area contributed by atoms with E-state index in [0.29, 0.717) is 11.6 Å². The number of rotatable bonds is 4. The highest BCUT2D eigenvalue weighted by molar-refractivity contribution is 9.10. The number of aromatic nitrogens is 2. The highest BCUT2D eigenvalue weighted by atomic mass is 79.9. The van der Waals surface area contributed by atoms with E-state index < -0.39 is 0 Å². The number of carbonyl (C=O) groups is 1. The quantitative estimate of drug-likeness (QED) is 0.692. The number of hydrogen-bond donors (Lipinski definition) is 2. The van der Waals surface area contributed by atoms with Crippen LogP contribution >= 0.6 is 15.9 Å². The molecule has 128 valence electrons. The molecule has 0 spiro atoms. The van der Waals surface area contributed by atoms with Gasteiger partial charge in [0.15, 0.2) is 17.3 Å². The van der Waals surface area contributed by atoms with Crippen LogP contribution in [0.3, 0.4) is 0 Å². The average molecular weight is 402 g/mol. The van der Waals surface area contributed by atoms with Crippen LogP contribution in [0.4, 0.5) is 5.82 Å². The van der Waals surface area contributed by atoms with Crippen LogP contribution in [-0.4, -0.2) is 22.4 Å². The van der Waals surface area contributed by atoms with Crippen LogP contribution in [0.15, 0.2) is 40.9 Å². The van der Waals surface area contributed by atoms with Crippen molar-refractivity contribution in [2.45, 2.75) is 26.1 Å². The number of nitrogens with zero attached hydrogens (tertiary/aromatic N) is 1. The lowest BCUT2D eigenvalue weighted by Gasteiger charge is -2.05. The molecule has 1 aliphatic rings. The van der Waals surface area contributed by atoms with Gasteiger partial charge in [0, 0.05) is 16.3 Å². The van der Waals surface area contributed by atoms with E-state index in [1.807, 2.05) is 43.3 Å². The number of anilines is 1. The lowest BCUT2D eigenvalue weighted by molar-refractivity contribution is -0.115. The molecule has 1 atom stereocenters. The molecule has 2 N–H and O–H groups in total. The number of benzene rings is 2. The predicted octanol–water partition coefficient (Wildman–Crippen LogP) is 4.01. The number of amides is 1. The van der Waals surface area contributed by atoms with Gasteiger partial charge in [-0.2, -0.15) is 5.10 Å². The van der Waals surface area contributed by atoms with Crippen molar-refractivity contribution in [1.29, 1.82) is 0 Å². The molecule has 6 nitrogen and oxygen atoms in total. The van der Waals surface area contributed by atoms with Crippen molar-refractivity contribution >= 4 is 38.6 Å². The first-order chi connectivity index (χ1) is 12.1. The summed E-state index contributed by atoms with van der Waals surface area (Å²) >= 11 is 3.41. The average Bonchev–Trinajstić information content (AvgIpc) is 3.18. The number of H-pyrrole nitrogens is 1. The normalized spacial score (nSPS) is 15.5. The fraction of sp³-hybridized carbons (Fsp3) is 0.222. The lowest BCUT2D eigenvalue weighted by Crippen LogP contribution is -2.15. The van der Waals surface area contributed by atoms with E-state index in [0.717, 1.165) is 33.1 Å². The maximum absolute atomic E-state index is 12.4. The zero-order chi connectivity index (χ0) is 17.4. The number of aromatic amines is 1. The summed E-state index contributed by atoms with van der Waals surface area (Å²) < 4.78 is 12.2. The van der Waals surface area contributed by atoms with Crippen molar-refractivity contribution < 1.29 is 14.3 Å². The number of halogens is 1. The zero-order valence-corrected chi connectivity index (χ0v) is 15.1. The second kappa shape index (κ2) is 6.40. The lowest BCUT2D eigenvalue weighted by atomic mass is 10.1. The van der Waals surface area contributed by atoms with Crippen LogP contribution in [0.1, 0.15) is 18.9 Å². The van der Waals surface area contributed by atoms with Crippen molar-refractivity contribution in [2.24, 2.45) is 0 Å². The minimum atomic E-state index is -0.242. The number of hydrogen-bond acceptors (Lipinski definition) is 4. The molecule has 7 heteroatoms. The van der Waals surface area contributed by atoms with Crippen LogP contribution in [0.2, 0.25) is 0 Å². The van der Waals surface area contributed by atoms with E-state index in [1.165, 1.54) is 0 Å². The molecule has 4 rings (SSSR count). The van der Waals surface area contributed by atoms with Gasteiger partial charge in [0.05, 0.1) is 11.9 Å². The van der Waals surface area contributed by atoms with Crippen molar-refractivity contribution in [3.05, 3.63) is 46.4 Å². The van der Waals surface area contributed by atoms with E-state index in [1.54, 1.807) is 0 Å². The number of fused-ring (bicyclic) bond motifs is 2. The molecule has 0 aliphatic carbocycles. The first kappa shape index (κ1) is 16.0. The standard InChI is InChI=1S/C18H16BrN3O3/c1-2-17-24-14-6-3-10(7-15(14)25-17)8-16(23)20-18-12-5-4-11(19)9-13(12)21-22-18/h3-7,9,17H,2,8H2,1H3,(H2,20,21,22,23)/t17-/m0/s1. The zero-order valence-electron chi connectivity index (χ0n) is 13.5. The Morgan fingerprint density at radius 2 is 2.08 bits per heavy atom. The van der Waals surface area contributed by atoms with Crippen molar-refractivity contribution in [1.82, 2.24) is 10.2 Å². The molecule has 0 bridgehead atoms. The van der Waals surface area contributed by atoms with E-state index in [4.69, 9.17) is 9.47 Å². The third-order valence-corrected chi connectivity index (χ3v) is 4.50. The van der Waals surface area contributed by atoms with Crippen LogP contribution in [0.25, 0.3) is 10.9 Å². The number of ether oxygens (including phenoxy) is 2. The summed E-state index contributed by atoms with van der Waals surface area (Å²) in [7, 11) is 0. The highest BCUT2D eigenvalue weighted by Gasteiger charge is 2.23. The molecule has 0 saturated carbocycles. The Hall–Kier alpha value is -2.54. The smallest absolute Gasteiger partial charge is 0.241 e. The first-order valence-corrected chi connectivity index (χ1v) is 8.81. The second-order valence-corrected chi connectivity index (χ2v) is 6.76. The molecular formula is C18H16BrN3O3. The Bertz CT molecular complexity index is 954. The minimum absolute atomic E-state index is 0.137. The molecule has 3 aromatic rings. The molecular weight excluding hydrogens is 386 g/mol. The largest absolute Gasteiger partial charge is 0.451 e. The van der Waals surface area contributed by atoms with Crippen LogP contribution in [0.5, 0.6) is 11.5 Å². The van der Waals surface area contributed by atoms with Gasteiger partial charge in [-0.3, -0.25) is 9.89 Å². The van der Waals surface area contributed by atoms with Crippen LogP contribution in [-0.2, 0) is 11.2 Å². The van der Waals surface area contributed by atoms with E-state index in [2.05, 4.69) is 31.4 Å². The fourth-order valence-electron chi connectivity index (χ4n) is 2.77. The molecule has 2 aromatic carbocycles. The van der Waals surface area contributed by atoms with Gasteiger partial charge in [-0.1, -0.05) is 28.9 Å². The first-order valence-electron chi connectivity index (χ1n) is 8.02. The molecule has 1 aliphatic heterocycles. The molecule has 0 saturated heterocycles. The van der Waals surface area contributed by atoms with Crippen LogP contribution < -0.4 is 14.8 Å². The predicted molar refractivity (Wildman–Crippen MR) is 97.9 cm³/mol. The van der Waals surface area contributed by atoms with Crippen molar-refractivity contribution in [3.8, 4) is 11.5 Å². The third kappa shape index (κ3) is 3.19. The van der Waals surface area contributed by atoms with E-state index in [9.17, 15) is 4.79 Å². The summed E-state index contributed by atoms with van der Waals surface area (Å²) in [5.41, 5.74) is 1.72. The van der Waals surface area contributed by atoms with E-state index in [-0.39, 0.29) is 18.6 Å². The molecule has 0 unspecified atom stereocenters. The summed E-state index contributed by atoms with van der Waals surface area (Å²) in [5, 5.41) is 10.8. The van der Waals surface area contributed by atoms with Crippen molar-refractivity contribution in [2.75, 3.05) is 5.32 Å². The summed E-state index contributed by atoms with van der Waals surface area (Å²) in [6, 6.07) is 11.3. The Morgan fingerprint density at radius 1 is 1.24 bits per heavy atom. The van der Waals surface area contributed by atoms with E-state index >= 15 is 0 Å². The summed E-state index contributed by atoms with van der Waals surface area (Å²) in [4.78, 5) is 12.4. The SMILES string of the molecule is CC[C@H]1Oc2ccc(CC(=O)Nc3n[nH]c4cc(Br)ccc34)cc2O1. The Kier molecular flexibility index (Phi) is 4.09. The number of carbonyl (C=O) groups excluding carboxylic acids is 1. The molecule has 25 heavy (non-hydrogen) atoms. The molecule has 2 heterocycles. The summed E-state index contributed by atoms with van der Waals surface area (Å²) in [6.45, 7) is 2.00. The molecule has 0 fully saturated rings. The van der Waals surface area contributed by atoms with Gasteiger partial charge < -0.3 is 14.8 Å². The maximum atomic E-state index is 12.4. The molecule has 1 amide bonds. The highest BCUT2D eigenvalue weighted by Crippen LogP contribution is 2.36. The maximum Gasteiger partial charge on any atom is 0.241 e. The second-order valence-electron chi connectivity index (χ2n) is 5.84. The fourth-order valence-corrected chi connectivity index (χ4v) is 3.14. The third-order valence-electron chi connectivity index (χ3n) is 4.01. The number of nitrogens with one attached hydrogen (secondary N) is 2. The summed E-state index contributed by atoms with van der Waals surface area (Å²) in [6.07, 6.45) is 0.763. The van der Waals surface area contributed by atoms with Gasteiger partial charge in [0.2, 0.25) is 12.2 Å². The van der Waals surface area contributed by atoms with Gasteiger partial charge >= 0.3 is 0 Å². The monoisotopic (exact) mass is 401 g/mol. The minimum Gasteiger partial charge on any atom is -0.451 e. The van der Waals surface area contributed by atoms with Gasteiger partial charge in [0.1, 0.15) is 0 Å². The molecule has 0 radical (unpaired) electrons. The Labute approximate surface area is 152 Å². The summed E-state index contributed by atoms with van der Waals surface area (Å²) in [5.74, 6) is 1.80. The van der Waals surface area contributed by atoms with Crippen LogP contribution in [0, 0.1) is 0 Å². The topological polar surface area (TPSA) is 76.2 Å². The van der Waals surface area contributed by atoms with Gasteiger partial charge in [-0.05, 0) is 35.9 Å². The Balaban J connectivity index is 1.47. The Morgan fingerprint density at radius 3 is 2.92 bits per heavy atom. The van der Waals surface area contributed by atoms with Crippen molar-refractivity contribution in [3.63, 3.8) is 0 Å². The van der Waals surface area contributed by atoms with Gasteiger partial charge in [-0.25, -0.2) is 0 Å². The molecule has 1 aromatic heterocycles.